The van der Waals surface area contributed by atoms with E-state index < -0.39 is 5.63 Å². The van der Waals surface area contributed by atoms with Crippen molar-refractivity contribution in [1.82, 2.24) is 14.9 Å². The molecule has 0 N–H and O–H groups in total. The SMILES string of the molecule is COc1cccc2cc(C(=O)N3CC[C@@H](Oc4nc(C)cc(C)n4)C3)c(=O)oc12. The van der Waals surface area contributed by atoms with E-state index in [0.717, 1.165) is 11.4 Å². The maximum absolute atomic E-state index is 12.9. The third kappa shape index (κ3) is 3.78. The van der Waals surface area contributed by atoms with E-state index in [1.165, 1.54) is 7.11 Å². The number of hydrogen-bond donors (Lipinski definition) is 0. The first-order chi connectivity index (χ1) is 13.9. The lowest BCUT2D eigenvalue weighted by Crippen LogP contribution is -2.34. The van der Waals surface area contributed by atoms with Gasteiger partial charge in [-0.1, -0.05) is 12.1 Å². The van der Waals surface area contributed by atoms with Crippen molar-refractivity contribution in [3.8, 4) is 11.8 Å². The zero-order chi connectivity index (χ0) is 20.5. The van der Waals surface area contributed by atoms with Crippen molar-refractivity contribution in [1.29, 1.82) is 0 Å². The molecule has 0 unspecified atom stereocenters. The van der Waals surface area contributed by atoms with Crippen LogP contribution in [-0.2, 0) is 0 Å². The molecule has 150 valence electrons. The topological polar surface area (TPSA) is 94.8 Å². The monoisotopic (exact) mass is 395 g/mol. The lowest BCUT2D eigenvalue weighted by molar-refractivity contribution is 0.0765. The second kappa shape index (κ2) is 7.54. The molecule has 0 radical (unpaired) electrons. The number of likely N-dealkylation sites (tertiary alicyclic amines) is 1. The Kier molecular flexibility index (Phi) is 4.92. The molecule has 4 rings (SSSR count). The maximum atomic E-state index is 12.9. The Morgan fingerprint density at radius 2 is 1.97 bits per heavy atom. The summed E-state index contributed by atoms with van der Waals surface area (Å²) in [6.07, 6.45) is 0.405. The van der Waals surface area contributed by atoms with E-state index in [1.807, 2.05) is 19.9 Å². The summed E-state index contributed by atoms with van der Waals surface area (Å²) in [7, 11) is 1.50. The Balaban J connectivity index is 1.53. The average molecular weight is 395 g/mol. The number of fused-ring (bicyclic) bond motifs is 1. The first-order valence-electron chi connectivity index (χ1n) is 9.33. The highest BCUT2D eigenvalue weighted by atomic mass is 16.5. The number of amides is 1. The molecular formula is C21H21N3O5. The molecule has 1 aromatic carbocycles. The first kappa shape index (κ1) is 18.9. The fourth-order valence-electron chi connectivity index (χ4n) is 3.50. The number of benzene rings is 1. The van der Waals surface area contributed by atoms with Crippen molar-refractivity contribution in [3.63, 3.8) is 0 Å². The van der Waals surface area contributed by atoms with E-state index in [1.54, 1.807) is 29.2 Å². The zero-order valence-electron chi connectivity index (χ0n) is 16.5. The van der Waals surface area contributed by atoms with Crippen LogP contribution in [0.25, 0.3) is 11.0 Å². The van der Waals surface area contributed by atoms with Crippen molar-refractivity contribution < 1.29 is 18.7 Å². The lowest BCUT2D eigenvalue weighted by Gasteiger charge is -2.16. The number of carbonyl (C=O) groups is 1. The Labute approximate surface area is 167 Å². The number of rotatable bonds is 4. The molecule has 2 aromatic heterocycles. The van der Waals surface area contributed by atoms with Gasteiger partial charge in [0.15, 0.2) is 11.3 Å². The summed E-state index contributed by atoms with van der Waals surface area (Å²) in [5.41, 5.74) is 1.28. The van der Waals surface area contributed by atoms with E-state index in [9.17, 15) is 9.59 Å². The van der Waals surface area contributed by atoms with Crippen LogP contribution in [0, 0.1) is 13.8 Å². The van der Waals surface area contributed by atoms with Gasteiger partial charge < -0.3 is 18.8 Å². The smallest absolute Gasteiger partial charge is 0.349 e. The van der Waals surface area contributed by atoms with Gasteiger partial charge in [0.25, 0.3) is 5.91 Å². The van der Waals surface area contributed by atoms with Gasteiger partial charge in [0.1, 0.15) is 11.7 Å². The summed E-state index contributed by atoms with van der Waals surface area (Å²) >= 11 is 0. The first-order valence-corrected chi connectivity index (χ1v) is 9.33. The molecule has 0 bridgehead atoms. The van der Waals surface area contributed by atoms with Crippen molar-refractivity contribution in [2.75, 3.05) is 20.2 Å². The van der Waals surface area contributed by atoms with Gasteiger partial charge in [-0.15, -0.1) is 0 Å². The van der Waals surface area contributed by atoms with Gasteiger partial charge in [0.05, 0.1) is 13.7 Å². The molecule has 1 saturated heterocycles. The van der Waals surface area contributed by atoms with Crippen LogP contribution in [0.1, 0.15) is 28.2 Å². The second-order valence-electron chi connectivity index (χ2n) is 7.04. The number of aromatic nitrogens is 2. The number of ether oxygens (including phenoxy) is 2. The number of aryl methyl sites for hydroxylation is 2. The molecule has 3 aromatic rings. The minimum absolute atomic E-state index is 0.00551. The molecule has 0 spiro atoms. The van der Waals surface area contributed by atoms with E-state index in [0.29, 0.717) is 42.2 Å². The largest absolute Gasteiger partial charge is 0.493 e. The normalized spacial score (nSPS) is 16.2. The third-order valence-electron chi connectivity index (χ3n) is 4.84. The van der Waals surface area contributed by atoms with Gasteiger partial charge in [-0.05, 0) is 32.0 Å². The van der Waals surface area contributed by atoms with Crippen LogP contribution in [0.3, 0.4) is 0 Å². The summed E-state index contributed by atoms with van der Waals surface area (Å²) in [4.78, 5) is 35.5. The maximum Gasteiger partial charge on any atom is 0.349 e. The molecule has 1 amide bonds. The Bertz CT molecular complexity index is 1120. The van der Waals surface area contributed by atoms with Crippen LogP contribution in [0.2, 0.25) is 0 Å². The summed E-state index contributed by atoms with van der Waals surface area (Å²) in [5, 5.41) is 0.628. The third-order valence-corrected chi connectivity index (χ3v) is 4.84. The molecule has 1 aliphatic rings. The number of methoxy groups -OCH3 is 1. The predicted molar refractivity (Wildman–Crippen MR) is 105 cm³/mol. The molecule has 8 nitrogen and oxygen atoms in total. The molecule has 3 heterocycles. The highest BCUT2D eigenvalue weighted by Crippen LogP contribution is 2.25. The fraction of sp³-hybridized carbons (Fsp3) is 0.333. The quantitative estimate of drug-likeness (QED) is 0.627. The summed E-state index contributed by atoms with van der Waals surface area (Å²) < 4.78 is 16.4. The van der Waals surface area contributed by atoms with Gasteiger partial charge in [0, 0.05) is 29.7 Å². The van der Waals surface area contributed by atoms with Gasteiger partial charge in [-0.2, -0.15) is 0 Å². The van der Waals surface area contributed by atoms with Crippen LogP contribution in [0.4, 0.5) is 0 Å². The fourth-order valence-corrected chi connectivity index (χ4v) is 3.50. The lowest BCUT2D eigenvalue weighted by atomic mass is 10.1. The molecular weight excluding hydrogens is 374 g/mol. The zero-order valence-corrected chi connectivity index (χ0v) is 16.5. The standard InChI is InChI=1S/C21H21N3O5/c1-12-9-13(2)23-21(22-12)28-15-7-8-24(11-15)19(25)16-10-14-5-4-6-17(27-3)18(14)29-20(16)26/h4-6,9-10,15H,7-8,11H2,1-3H3/t15-/m1/s1. The van der Waals surface area contributed by atoms with Gasteiger partial charge in [0.2, 0.25) is 0 Å². The van der Waals surface area contributed by atoms with Gasteiger partial charge >= 0.3 is 11.6 Å². The Morgan fingerprint density at radius 1 is 1.21 bits per heavy atom. The molecule has 29 heavy (non-hydrogen) atoms. The highest BCUT2D eigenvalue weighted by molar-refractivity contribution is 5.97. The minimum atomic E-state index is -0.686. The molecule has 8 heteroatoms. The van der Waals surface area contributed by atoms with Crippen LogP contribution in [0.15, 0.2) is 39.5 Å². The summed E-state index contributed by atoms with van der Waals surface area (Å²) in [6, 6.07) is 8.96. The number of hydrogen-bond acceptors (Lipinski definition) is 7. The highest BCUT2D eigenvalue weighted by Gasteiger charge is 2.30. The van der Waals surface area contributed by atoms with Crippen molar-refractivity contribution in [3.05, 3.63) is 57.7 Å². The van der Waals surface area contributed by atoms with Crippen LogP contribution in [0.5, 0.6) is 11.8 Å². The molecule has 0 aliphatic carbocycles. The van der Waals surface area contributed by atoms with E-state index in [2.05, 4.69) is 9.97 Å². The van der Waals surface area contributed by atoms with E-state index in [4.69, 9.17) is 13.9 Å². The van der Waals surface area contributed by atoms with Crippen molar-refractivity contribution in [2.45, 2.75) is 26.4 Å². The molecule has 1 fully saturated rings. The van der Waals surface area contributed by atoms with Crippen molar-refractivity contribution >= 4 is 16.9 Å². The van der Waals surface area contributed by atoms with Crippen LogP contribution in [-0.4, -0.2) is 47.1 Å². The second-order valence-corrected chi connectivity index (χ2v) is 7.04. The Hall–Kier alpha value is -3.42. The summed E-state index contributed by atoms with van der Waals surface area (Å²) in [5.74, 6) is 0.0672. The van der Waals surface area contributed by atoms with Crippen LogP contribution < -0.4 is 15.1 Å². The van der Waals surface area contributed by atoms with Gasteiger partial charge in [-0.25, -0.2) is 14.8 Å². The van der Waals surface area contributed by atoms with Crippen molar-refractivity contribution in [2.24, 2.45) is 0 Å². The molecule has 0 saturated carbocycles. The minimum Gasteiger partial charge on any atom is -0.493 e. The molecule has 1 aliphatic heterocycles. The number of carbonyl (C=O) groups excluding carboxylic acids is 1. The summed E-state index contributed by atoms with van der Waals surface area (Å²) in [6.45, 7) is 4.58. The van der Waals surface area contributed by atoms with E-state index >= 15 is 0 Å². The predicted octanol–water partition coefficient (Wildman–Crippen LogP) is 2.50. The van der Waals surface area contributed by atoms with Crippen LogP contribution >= 0.6 is 0 Å². The van der Waals surface area contributed by atoms with E-state index in [-0.39, 0.29) is 17.6 Å². The average Bonchev–Trinajstić information content (AvgIpc) is 3.14. The Morgan fingerprint density at radius 3 is 2.69 bits per heavy atom. The number of nitrogens with zero attached hydrogens (tertiary/aromatic N) is 3. The number of para-hydroxylation sites is 1. The van der Waals surface area contributed by atoms with Gasteiger partial charge in [-0.3, -0.25) is 4.79 Å². The molecule has 1 atom stereocenters.